The monoisotopic (exact) mass is 281 g/mol. The highest BCUT2D eigenvalue weighted by molar-refractivity contribution is 7.15. The lowest BCUT2D eigenvalue weighted by Crippen LogP contribution is -2.24. The van der Waals surface area contributed by atoms with Crippen LogP contribution in [0.1, 0.15) is 24.2 Å². The highest BCUT2D eigenvalue weighted by Crippen LogP contribution is 2.16. The third-order valence-electron chi connectivity index (χ3n) is 2.28. The first-order valence-electron chi connectivity index (χ1n) is 5.30. The minimum absolute atomic E-state index is 0.179. The van der Waals surface area contributed by atoms with Crippen LogP contribution < -0.4 is 5.32 Å². The lowest BCUT2D eigenvalue weighted by atomic mass is 10.3. The molecule has 0 saturated heterocycles. The fraction of sp³-hybridized carbons (Fsp3) is 0.167. The summed E-state index contributed by atoms with van der Waals surface area (Å²) in [6, 6.07) is 6.97. The summed E-state index contributed by atoms with van der Waals surface area (Å²) in [5.74, 6) is -1.22. The van der Waals surface area contributed by atoms with Gasteiger partial charge in [-0.3, -0.25) is 4.79 Å². The zero-order chi connectivity index (χ0) is 13.0. The number of aromatic carboxylic acids is 1. The van der Waals surface area contributed by atoms with Crippen molar-refractivity contribution in [2.75, 3.05) is 6.54 Å². The molecule has 2 N–H and O–H groups in total. The Morgan fingerprint density at radius 3 is 2.61 bits per heavy atom. The van der Waals surface area contributed by atoms with Crippen LogP contribution in [0.5, 0.6) is 0 Å². The first-order valence-corrected chi connectivity index (χ1v) is 7.00. The van der Waals surface area contributed by atoms with Crippen molar-refractivity contribution in [2.24, 2.45) is 0 Å². The van der Waals surface area contributed by atoms with Crippen LogP contribution >= 0.6 is 22.7 Å². The largest absolute Gasteiger partial charge is 0.477 e. The molecule has 0 aliphatic rings. The van der Waals surface area contributed by atoms with E-state index < -0.39 is 5.97 Å². The molecule has 2 aromatic rings. The Labute approximate surface area is 112 Å². The molecule has 0 aliphatic heterocycles. The summed E-state index contributed by atoms with van der Waals surface area (Å²) in [6.45, 7) is 0.555. The van der Waals surface area contributed by atoms with Gasteiger partial charge in [0.25, 0.3) is 5.91 Å². The van der Waals surface area contributed by atoms with E-state index in [2.05, 4.69) is 5.32 Å². The lowest BCUT2D eigenvalue weighted by molar-refractivity contribution is 0.0702. The molecule has 18 heavy (non-hydrogen) atoms. The van der Waals surface area contributed by atoms with Crippen LogP contribution in [0.3, 0.4) is 0 Å². The fourth-order valence-electron chi connectivity index (χ4n) is 1.42. The number of amides is 1. The van der Waals surface area contributed by atoms with Crippen LogP contribution in [0.25, 0.3) is 0 Å². The molecule has 2 rings (SSSR count). The normalized spacial score (nSPS) is 10.2. The number of carboxylic acids is 1. The zero-order valence-electron chi connectivity index (χ0n) is 9.38. The fourth-order valence-corrected chi connectivity index (χ4v) is 2.89. The number of hydrogen-bond acceptors (Lipinski definition) is 4. The maximum absolute atomic E-state index is 11.7. The summed E-state index contributed by atoms with van der Waals surface area (Å²) < 4.78 is 0. The number of thiophene rings is 2. The second-order valence-electron chi connectivity index (χ2n) is 3.55. The minimum atomic E-state index is -1.00. The Balaban J connectivity index is 1.85. The topological polar surface area (TPSA) is 66.4 Å². The maximum atomic E-state index is 11.7. The zero-order valence-corrected chi connectivity index (χ0v) is 11.0. The van der Waals surface area contributed by atoms with E-state index in [0.717, 1.165) is 17.8 Å². The smallest absolute Gasteiger partial charge is 0.345 e. The second kappa shape index (κ2) is 5.79. The molecule has 6 heteroatoms. The molecule has 0 fully saturated rings. The average Bonchev–Trinajstić information content (AvgIpc) is 2.99. The maximum Gasteiger partial charge on any atom is 0.345 e. The summed E-state index contributed by atoms with van der Waals surface area (Å²) in [4.78, 5) is 24.2. The van der Waals surface area contributed by atoms with Gasteiger partial charge in [-0.2, -0.15) is 0 Å². The van der Waals surface area contributed by atoms with E-state index in [9.17, 15) is 9.59 Å². The van der Waals surface area contributed by atoms with Crippen molar-refractivity contribution in [1.82, 2.24) is 5.32 Å². The summed E-state index contributed by atoms with van der Waals surface area (Å²) in [7, 11) is 0. The molecule has 2 aromatic heterocycles. The van der Waals surface area contributed by atoms with Crippen molar-refractivity contribution in [2.45, 2.75) is 6.42 Å². The molecule has 94 valence electrons. The van der Waals surface area contributed by atoms with Gasteiger partial charge in [0.15, 0.2) is 0 Å². The van der Waals surface area contributed by atoms with Crippen molar-refractivity contribution in [3.63, 3.8) is 0 Å². The minimum Gasteiger partial charge on any atom is -0.477 e. The number of hydrogen-bond donors (Lipinski definition) is 2. The Hall–Kier alpha value is -1.66. The molecular weight excluding hydrogens is 270 g/mol. The molecule has 0 spiro atoms. The summed E-state index contributed by atoms with van der Waals surface area (Å²) in [6.07, 6.45) is 0.792. The first-order chi connectivity index (χ1) is 8.66. The second-order valence-corrected chi connectivity index (χ2v) is 5.67. The molecule has 0 aromatic carbocycles. The quantitative estimate of drug-likeness (QED) is 0.884. The SMILES string of the molecule is O=C(O)c1ccc(C(=O)NCCc2cccs2)s1. The number of rotatable bonds is 5. The molecule has 4 nitrogen and oxygen atoms in total. The van der Waals surface area contributed by atoms with Crippen LogP contribution in [-0.2, 0) is 6.42 Å². The Morgan fingerprint density at radius 1 is 1.22 bits per heavy atom. The molecule has 0 radical (unpaired) electrons. The van der Waals surface area contributed by atoms with E-state index in [1.165, 1.54) is 17.0 Å². The van der Waals surface area contributed by atoms with Crippen molar-refractivity contribution in [1.29, 1.82) is 0 Å². The van der Waals surface area contributed by atoms with Crippen LogP contribution in [0.4, 0.5) is 0 Å². The third-order valence-corrected chi connectivity index (χ3v) is 4.29. The van der Waals surface area contributed by atoms with E-state index >= 15 is 0 Å². The number of nitrogens with one attached hydrogen (secondary N) is 1. The number of carbonyl (C=O) groups excluding carboxylic acids is 1. The van der Waals surface area contributed by atoms with Gasteiger partial charge in [0.05, 0.1) is 4.88 Å². The highest BCUT2D eigenvalue weighted by atomic mass is 32.1. The van der Waals surface area contributed by atoms with E-state index in [-0.39, 0.29) is 10.8 Å². The van der Waals surface area contributed by atoms with Crippen LogP contribution in [0, 0.1) is 0 Å². The Bertz CT molecular complexity index is 545. The number of carboxylic acid groups (broad SMARTS) is 1. The standard InChI is InChI=1S/C12H11NO3S2/c14-11(9-3-4-10(18-9)12(15)16)13-6-5-8-2-1-7-17-8/h1-4,7H,5-6H2,(H,13,14)(H,15,16). The van der Waals surface area contributed by atoms with Gasteiger partial charge in [0.2, 0.25) is 0 Å². The predicted molar refractivity (Wildman–Crippen MR) is 71.6 cm³/mol. The van der Waals surface area contributed by atoms with E-state index in [1.807, 2.05) is 17.5 Å². The van der Waals surface area contributed by atoms with Crippen molar-refractivity contribution in [3.05, 3.63) is 44.3 Å². The summed E-state index contributed by atoms with van der Waals surface area (Å²) >= 11 is 2.64. The van der Waals surface area contributed by atoms with Crippen molar-refractivity contribution >= 4 is 34.6 Å². The van der Waals surface area contributed by atoms with Crippen LogP contribution in [0.2, 0.25) is 0 Å². The van der Waals surface area contributed by atoms with Crippen molar-refractivity contribution < 1.29 is 14.7 Å². The van der Waals surface area contributed by atoms with Gasteiger partial charge in [0, 0.05) is 11.4 Å². The Kier molecular flexibility index (Phi) is 4.11. The van der Waals surface area contributed by atoms with Crippen LogP contribution in [0.15, 0.2) is 29.6 Å². The molecule has 0 unspecified atom stereocenters. The molecule has 0 bridgehead atoms. The molecule has 0 atom stereocenters. The van der Waals surface area contributed by atoms with Gasteiger partial charge >= 0.3 is 5.97 Å². The summed E-state index contributed by atoms with van der Waals surface area (Å²) in [5, 5.41) is 13.5. The molecule has 2 heterocycles. The molecular formula is C12H11NO3S2. The third kappa shape index (κ3) is 3.18. The van der Waals surface area contributed by atoms with Gasteiger partial charge < -0.3 is 10.4 Å². The molecule has 1 amide bonds. The average molecular weight is 281 g/mol. The van der Waals surface area contributed by atoms with Gasteiger partial charge in [-0.1, -0.05) is 6.07 Å². The van der Waals surface area contributed by atoms with Gasteiger partial charge in [-0.25, -0.2) is 4.79 Å². The van der Waals surface area contributed by atoms with Gasteiger partial charge in [-0.15, -0.1) is 22.7 Å². The first kappa shape index (κ1) is 12.8. The predicted octanol–water partition coefficient (Wildman–Crippen LogP) is 2.48. The van der Waals surface area contributed by atoms with Gasteiger partial charge in [-0.05, 0) is 30.0 Å². The van der Waals surface area contributed by atoms with Gasteiger partial charge in [0.1, 0.15) is 4.88 Å². The molecule has 0 saturated carbocycles. The van der Waals surface area contributed by atoms with E-state index in [4.69, 9.17) is 5.11 Å². The number of carbonyl (C=O) groups is 2. The lowest BCUT2D eigenvalue weighted by Gasteiger charge is -2.01. The summed E-state index contributed by atoms with van der Waals surface area (Å²) in [5.41, 5.74) is 0. The van der Waals surface area contributed by atoms with Crippen LogP contribution in [-0.4, -0.2) is 23.5 Å². The van der Waals surface area contributed by atoms with Crippen molar-refractivity contribution in [3.8, 4) is 0 Å². The highest BCUT2D eigenvalue weighted by Gasteiger charge is 2.12. The van der Waals surface area contributed by atoms with E-state index in [1.54, 1.807) is 11.3 Å². The molecule has 0 aliphatic carbocycles. The van der Waals surface area contributed by atoms with E-state index in [0.29, 0.717) is 11.4 Å². The Morgan fingerprint density at radius 2 is 2.00 bits per heavy atom.